The summed E-state index contributed by atoms with van der Waals surface area (Å²) in [7, 11) is 0. The van der Waals surface area contributed by atoms with Crippen molar-refractivity contribution in [2.24, 2.45) is 0 Å². The minimum Gasteiger partial charge on any atom is -0.456 e. The lowest BCUT2D eigenvalue weighted by Gasteiger charge is -2.10. The van der Waals surface area contributed by atoms with E-state index < -0.39 is 24.0 Å². The van der Waals surface area contributed by atoms with Gasteiger partial charge in [-0.1, -0.05) is 6.92 Å². The molecular formula is C7H8F3O3. The number of carbonyl (C=O) groups is 2. The van der Waals surface area contributed by atoms with Gasteiger partial charge < -0.3 is 4.74 Å². The van der Waals surface area contributed by atoms with Gasteiger partial charge >= 0.3 is 17.9 Å². The maximum atomic E-state index is 11.6. The molecule has 0 aliphatic rings. The minimum absolute atomic E-state index is 0.247. The summed E-state index contributed by atoms with van der Waals surface area (Å²) in [5.41, 5.74) is 0. The lowest BCUT2D eigenvalue weighted by Crippen LogP contribution is -2.34. The zero-order valence-corrected chi connectivity index (χ0v) is 6.85. The minimum atomic E-state index is -5.18. The van der Waals surface area contributed by atoms with Crippen molar-refractivity contribution in [2.75, 3.05) is 0 Å². The van der Waals surface area contributed by atoms with Crippen LogP contribution < -0.4 is 0 Å². The van der Waals surface area contributed by atoms with E-state index in [1.807, 2.05) is 0 Å². The lowest BCUT2D eigenvalue weighted by molar-refractivity contribution is -0.184. The molecule has 1 radical (unpaired) electrons. The van der Waals surface area contributed by atoms with Crippen LogP contribution in [0.1, 0.15) is 13.3 Å². The molecule has 0 fully saturated rings. The summed E-state index contributed by atoms with van der Waals surface area (Å²) in [5.74, 6) is -4.41. The van der Waals surface area contributed by atoms with Gasteiger partial charge in [0.25, 0.3) is 0 Å². The average Bonchev–Trinajstić information content (AvgIpc) is 2.01. The Balaban J connectivity index is 4.21. The summed E-state index contributed by atoms with van der Waals surface area (Å²) < 4.78 is 38.8. The third-order valence-electron chi connectivity index (χ3n) is 1.17. The van der Waals surface area contributed by atoms with Crippen LogP contribution in [0.5, 0.6) is 0 Å². The van der Waals surface area contributed by atoms with Crippen molar-refractivity contribution in [1.29, 1.82) is 0 Å². The van der Waals surface area contributed by atoms with Crippen molar-refractivity contribution in [2.45, 2.75) is 25.6 Å². The molecule has 0 heterocycles. The Kier molecular flexibility index (Phi) is 3.90. The number of halogens is 3. The third kappa shape index (κ3) is 3.91. The second-order valence-electron chi connectivity index (χ2n) is 2.26. The molecule has 0 amide bonds. The molecular weight excluding hydrogens is 189 g/mol. The predicted octanol–water partition coefficient (Wildman–Crippen LogP) is 1.27. The first kappa shape index (κ1) is 11.9. The number of esters is 1. The van der Waals surface area contributed by atoms with Gasteiger partial charge in [0.05, 0.1) is 0 Å². The monoisotopic (exact) mass is 197 g/mol. The van der Waals surface area contributed by atoms with Crippen molar-refractivity contribution >= 4 is 11.8 Å². The summed E-state index contributed by atoms with van der Waals surface area (Å²) in [5, 5.41) is 0. The van der Waals surface area contributed by atoms with Crippen molar-refractivity contribution < 1.29 is 27.5 Å². The number of ketones is 1. The van der Waals surface area contributed by atoms with Crippen LogP contribution in [0.15, 0.2) is 0 Å². The van der Waals surface area contributed by atoms with Crippen LogP contribution >= 0.6 is 0 Å². The Morgan fingerprint density at radius 2 is 1.92 bits per heavy atom. The van der Waals surface area contributed by atoms with Crippen LogP contribution in [0, 0.1) is 6.92 Å². The van der Waals surface area contributed by atoms with E-state index in [0.717, 1.165) is 0 Å². The van der Waals surface area contributed by atoms with Crippen molar-refractivity contribution in [3.05, 3.63) is 6.92 Å². The van der Waals surface area contributed by atoms with Gasteiger partial charge in [-0.15, -0.1) is 0 Å². The van der Waals surface area contributed by atoms with Gasteiger partial charge in [-0.3, -0.25) is 4.79 Å². The topological polar surface area (TPSA) is 43.4 Å². The number of hydrogen-bond donors (Lipinski definition) is 0. The van der Waals surface area contributed by atoms with Crippen LogP contribution in [0.3, 0.4) is 0 Å². The Hall–Kier alpha value is -1.07. The number of carbonyl (C=O) groups excluding carboxylic acids is 2. The number of alkyl halides is 3. The summed E-state index contributed by atoms with van der Waals surface area (Å²) >= 11 is 0. The molecule has 0 saturated heterocycles. The zero-order chi connectivity index (χ0) is 10.6. The fraction of sp³-hybridized carbons (Fsp3) is 0.571. The predicted molar refractivity (Wildman–Crippen MR) is 36.6 cm³/mol. The van der Waals surface area contributed by atoms with Crippen LogP contribution in [0.25, 0.3) is 0 Å². The second-order valence-corrected chi connectivity index (χ2v) is 2.26. The molecule has 0 rings (SSSR count). The quantitative estimate of drug-likeness (QED) is 0.505. The molecule has 13 heavy (non-hydrogen) atoms. The molecule has 0 aliphatic heterocycles. The largest absolute Gasteiger partial charge is 0.461 e. The summed E-state index contributed by atoms with van der Waals surface area (Å²) in [6, 6.07) is 0. The van der Waals surface area contributed by atoms with Gasteiger partial charge in [0.2, 0.25) is 0 Å². The Morgan fingerprint density at radius 1 is 1.46 bits per heavy atom. The first-order chi connectivity index (χ1) is 5.79. The molecule has 0 spiro atoms. The molecule has 3 nitrogen and oxygen atoms in total. The maximum Gasteiger partial charge on any atom is 0.461 e. The van der Waals surface area contributed by atoms with Crippen LogP contribution in [-0.4, -0.2) is 24.0 Å². The summed E-state index contributed by atoms with van der Waals surface area (Å²) in [6.45, 7) is 4.76. The molecule has 1 atom stereocenters. The Labute approximate surface area is 72.9 Å². The van der Waals surface area contributed by atoms with Gasteiger partial charge in [0, 0.05) is 0 Å². The van der Waals surface area contributed by atoms with Gasteiger partial charge in [0.15, 0.2) is 0 Å². The van der Waals surface area contributed by atoms with Gasteiger partial charge in [-0.2, -0.15) is 13.2 Å². The summed E-state index contributed by atoms with van der Waals surface area (Å²) in [4.78, 5) is 20.6. The maximum absolute atomic E-state index is 11.6. The van der Waals surface area contributed by atoms with Crippen molar-refractivity contribution in [3.8, 4) is 0 Å². The third-order valence-corrected chi connectivity index (χ3v) is 1.17. The van der Waals surface area contributed by atoms with E-state index in [-0.39, 0.29) is 6.42 Å². The number of rotatable bonds is 3. The molecule has 0 bridgehead atoms. The van der Waals surface area contributed by atoms with Crippen LogP contribution in [0.4, 0.5) is 13.2 Å². The number of hydrogen-bond acceptors (Lipinski definition) is 3. The van der Waals surface area contributed by atoms with Crippen LogP contribution in [0.2, 0.25) is 0 Å². The van der Waals surface area contributed by atoms with Gasteiger partial charge in [0.1, 0.15) is 6.10 Å². The fourth-order valence-electron chi connectivity index (χ4n) is 0.404. The zero-order valence-electron chi connectivity index (χ0n) is 6.85. The number of Topliss-reactive ketones (excluding diaryl/α,β-unsaturated/α-hetero) is 1. The normalized spacial score (nSPS) is 13.6. The summed E-state index contributed by atoms with van der Waals surface area (Å²) in [6.07, 6.45) is -5.86. The van der Waals surface area contributed by atoms with E-state index >= 15 is 0 Å². The second kappa shape index (κ2) is 4.25. The van der Waals surface area contributed by atoms with E-state index in [4.69, 9.17) is 0 Å². The van der Waals surface area contributed by atoms with Crippen molar-refractivity contribution in [3.63, 3.8) is 0 Å². The fourth-order valence-corrected chi connectivity index (χ4v) is 0.404. The first-order valence-corrected chi connectivity index (χ1v) is 3.44. The smallest absolute Gasteiger partial charge is 0.456 e. The molecule has 0 aromatic carbocycles. The molecule has 0 saturated carbocycles. The van der Waals surface area contributed by atoms with Crippen LogP contribution in [-0.2, 0) is 14.3 Å². The molecule has 0 N–H and O–H groups in total. The molecule has 1 unspecified atom stereocenters. The highest BCUT2D eigenvalue weighted by molar-refractivity contribution is 6.35. The number of ether oxygens (including phenoxy) is 1. The molecule has 0 aliphatic carbocycles. The Bertz CT molecular complexity index is 210. The standard InChI is InChI=1S/C7H8F3O3/c1-3-4(2)13-6(12)5(11)7(8,9)10/h4H,2-3H2,1H3. The SMILES string of the molecule is [CH2]C(CC)OC(=O)C(=O)C(F)(F)F. The lowest BCUT2D eigenvalue weighted by atomic mass is 10.3. The molecule has 75 valence electrons. The van der Waals surface area contributed by atoms with Gasteiger partial charge in [-0.25, -0.2) is 4.79 Å². The van der Waals surface area contributed by atoms with E-state index in [1.165, 1.54) is 0 Å². The molecule has 6 heteroatoms. The highest BCUT2D eigenvalue weighted by Gasteiger charge is 2.45. The highest BCUT2D eigenvalue weighted by atomic mass is 19.4. The highest BCUT2D eigenvalue weighted by Crippen LogP contribution is 2.17. The Morgan fingerprint density at radius 3 is 2.23 bits per heavy atom. The van der Waals surface area contributed by atoms with Crippen molar-refractivity contribution in [1.82, 2.24) is 0 Å². The van der Waals surface area contributed by atoms with E-state index in [2.05, 4.69) is 11.7 Å². The van der Waals surface area contributed by atoms with Gasteiger partial charge in [-0.05, 0) is 13.3 Å². The van der Waals surface area contributed by atoms with E-state index in [9.17, 15) is 22.8 Å². The first-order valence-electron chi connectivity index (χ1n) is 3.44. The van der Waals surface area contributed by atoms with E-state index in [1.54, 1.807) is 6.92 Å². The molecule has 0 aromatic heterocycles. The molecule has 0 aromatic rings. The van der Waals surface area contributed by atoms with E-state index in [0.29, 0.717) is 0 Å². The average molecular weight is 197 g/mol.